The molecule has 0 amide bonds. The predicted octanol–water partition coefficient (Wildman–Crippen LogP) is 3.93. The average molecular weight is 263 g/mol. The molecule has 0 aliphatic heterocycles. The van der Waals surface area contributed by atoms with E-state index in [9.17, 15) is 5.11 Å². The molecule has 0 bridgehead atoms. The fourth-order valence-electron chi connectivity index (χ4n) is 2.66. The van der Waals surface area contributed by atoms with E-state index < -0.39 is 6.10 Å². The summed E-state index contributed by atoms with van der Waals surface area (Å²) in [5, 5.41) is 11.7. The molecule has 2 aromatic carbocycles. The van der Waals surface area contributed by atoms with E-state index in [0.717, 1.165) is 27.6 Å². The maximum atomic E-state index is 10.7. The molecule has 1 N–H and O–H groups in total. The summed E-state index contributed by atoms with van der Waals surface area (Å²) in [6, 6.07) is 15.9. The molecule has 2 heteroatoms. The maximum Gasteiger partial charge on any atom is 0.105 e. The zero-order valence-corrected chi connectivity index (χ0v) is 11.7. The van der Waals surface area contributed by atoms with Crippen LogP contribution < -0.4 is 0 Å². The van der Waals surface area contributed by atoms with E-state index in [1.165, 1.54) is 5.56 Å². The van der Waals surface area contributed by atoms with Crippen LogP contribution in [0, 0.1) is 13.8 Å². The van der Waals surface area contributed by atoms with Crippen LogP contribution in [0.5, 0.6) is 0 Å². The summed E-state index contributed by atoms with van der Waals surface area (Å²) in [5.74, 6) is 0. The lowest BCUT2D eigenvalue weighted by Crippen LogP contribution is -2.03. The van der Waals surface area contributed by atoms with Gasteiger partial charge in [0, 0.05) is 11.6 Å². The minimum atomic E-state index is -0.622. The monoisotopic (exact) mass is 263 g/mol. The zero-order chi connectivity index (χ0) is 14.1. The maximum absolute atomic E-state index is 10.7. The second-order valence-electron chi connectivity index (χ2n) is 5.18. The summed E-state index contributed by atoms with van der Waals surface area (Å²) in [7, 11) is 0. The Hall–Kier alpha value is -2.19. The first kappa shape index (κ1) is 12.8. The summed E-state index contributed by atoms with van der Waals surface area (Å²) in [5.41, 5.74) is 5.08. The number of aliphatic hydroxyl groups excluding tert-OH is 1. The van der Waals surface area contributed by atoms with Crippen molar-refractivity contribution in [3.8, 4) is 0 Å². The Morgan fingerprint density at radius 2 is 1.75 bits per heavy atom. The van der Waals surface area contributed by atoms with E-state index in [4.69, 9.17) is 0 Å². The Morgan fingerprint density at radius 3 is 2.55 bits per heavy atom. The fraction of sp³-hybridized carbons (Fsp3) is 0.167. The molecule has 0 spiro atoms. The number of hydrogen-bond acceptors (Lipinski definition) is 2. The number of nitrogens with zero attached hydrogens (tertiary/aromatic N) is 1. The number of hydrogen-bond donors (Lipinski definition) is 1. The predicted molar refractivity (Wildman–Crippen MR) is 81.7 cm³/mol. The highest BCUT2D eigenvalue weighted by molar-refractivity contribution is 5.82. The number of aromatic nitrogens is 1. The van der Waals surface area contributed by atoms with Crippen molar-refractivity contribution in [2.45, 2.75) is 20.0 Å². The first-order valence-electron chi connectivity index (χ1n) is 6.75. The van der Waals surface area contributed by atoms with Gasteiger partial charge in [-0.2, -0.15) is 0 Å². The lowest BCUT2D eigenvalue weighted by atomic mass is 9.94. The lowest BCUT2D eigenvalue weighted by molar-refractivity contribution is 0.221. The highest BCUT2D eigenvalue weighted by Gasteiger charge is 2.15. The Balaban J connectivity index is 2.15. The quantitative estimate of drug-likeness (QED) is 0.760. The van der Waals surface area contributed by atoms with Crippen LogP contribution in [0.1, 0.15) is 28.4 Å². The summed E-state index contributed by atoms with van der Waals surface area (Å²) in [4.78, 5) is 4.34. The van der Waals surface area contributed by atoms with E-state index in [1.807, 2.05) is 49.4 Å². The van der Waals surface area contributed by atoms with Crippen molar-refractivity contribution in [3.05, 3.63) is 77.0 Å². The molecule has 0 aliphatic carbocycles. The highest BCUT2D eigenvalue weighted by Crippen LogP contribution is 2.29. The van der Waals surface area contributed by atoms with Crippen molar-refractivity contribution >= 4 is 10.9 Å². The van der Waals surface area contributed by atoms with E-state index in [-0.39, 0.29) is 0 Å². The van der Waals surface area contributed by atoms with Crippen LogP contribution in [0.3, 0.4) is 0 Å². The molecule has 0 radical (unpaired) electrons. The molecule has 1 unspecified atom stereocenters. The van der Waals surface area contributed by atoms with Crippen LogP contribution in [-0.2, 0) is 0 Å². The van der Waals surface area contributed by atoms with Gasteiger partial charge >= 0.3 is 0 Å². The molecule has 0 aliphatic rings. The molecule has 1 atom stereocenters. The summed E-state index contributed by atoms with van der Waals surface area (Å²) in [6.45, 7) is 4.10. The smallest absolute Gasteiger partial charge is 0.105 e. The normalized spacial score (nSPS) is 12.6. The van der Waals surface area contributed by atoms with Gasteiger partial charge in [-0.05, 0) is 42.7 Å². The number of para-hydroxylation sites is 1. The Kier molecular flexibility index (Phi) is 3.25. The number of aryl methyl sites for hydroxylation is 2. The minimum absolute atomic E-state index is 0.622. The molecule has 2 nitrogen and oxygen atoms in total. The topological polar surface area (TPSA) is 33.1 Å². The summed E-state index contributed by atoms with van der Waals surface area (Å²) < 4.78 is 0. The van der Waals surface area contributed by atoms with E-state index in [1.54, 1.807) is 6.20 Å². The van der Waals surface area contributed by atoms with Gasteiger partial charge in [0.05, 0.1) is 5.52 Å². The van der Waals surface area contributed by atoms with Crippen molar-refractivity contribution in [1.29, 1.82) is 0 Å². The Bertz CT molecular complexity index is 759. The largest absolute Gasteiger partial charge is 0.384 e. The van der Waals surface area contributed by atoms with Gasteiger partial charge in [0.2, 0.25) is 0 Å². The third-order valence-electron chi connectivity index (χ3n) is 3.70. The van der Waals surface area contributed by atoms with Crippen molar-refractivity contribution in [1.82, 2.24) is 4.98 Å². The van der Waals surface area contributed by atoms with Gasteiger partial charge in [-0.15, -0.1) is 0 Å². The Labute approximate surface area is 118 Å². The zero-order valence-electron chi connectivity index (χ0n) is 11.7. The average Bonchev–Trinajstić information content (AvgIpc) is 2.46. The minimum Gasteiger partial charge on any atom is -0.384 e. The first-order valence-corrected chi connectivity index (χ1v) is 6.75. The highest BCUT2D eigenvalue weighted by atomic mass is 16.3. The van der Waals surface area contributed by atoms with Gasteiger partial charge in [-0.25, -0.2) is 0 Å². The van der Waals surface area contributed by atoms with E-state index in [0.29, 0.717) is 0 Å². The standard InChI is InChI=1S/C18H17NO/c1-12-7-8-14(13(2)11-12)18(20)16-9-10-19-17-6-4-3-5-15(16)17/h3-11,18,20H,1-2H3. The molecular formula is C18H17NO. The number of pyridine rings is 1. The summed E-state index contributed by atoms with van der Waals surface area (Å²) in [6.07, 6.45) is 1.13. The fourth-order valence-corrected chi connectivity index (χ4v) is 2.66. The molecule has 0 fully saturated rings. The van der Waals surface area contributed by atoms with Gasteiger partial charge in [-0.3, -0.25) is 4.98 Å². The molecule has 3 rings (SSSR count). The van der Waals surface area contributed by atoms with E-state index >= 15 is 0 Å². The first-order chi connectivity index (χ1) is 9.66. The molecule has 1 heterocycles. The molecule has 3 aromatic rings. The van der Waals surface area contributed by atoms with Crippen LogP contribution in [0.2, 0.25) is 0 Å². The van der Waals surface area contributed by atoms with Gasteiger partial charge in [0.25, 0.3) is 0 Å². The molecule has 0 saturated carbocycles. The van der Waals surface area contributed by atoms with Crippen LogP contribution in [0.25, 0.3) is 10.9 Å². The van der Waals surface area contributed by atoms with Crippen molar-refractivity contribution in [3.63, 3.8) is 0 Å². The third kappa shape index (κ3) is 2.19. The number of benzene rings is 2. The summed E-state index contributed by atoms with van der Waals surface area (Å²) >= 11 is 0. The number of aliphatic hydroxyl groups is 1. The molecule has 0 saturated heterocycles. The Morgan fingerprint density at radius 1 is 0.950 bits per heavy atom. The van der Waals surface area contributed by atoms with Crippen LogP contribution in [-0.4, -0.2) is 10.1 Å². The van der Waals surface area contributed by atoms with Crippen molar-refractivity contribution in [2.75, 3.05) is 0 Å². The second-order valence-corrected chi connectivity index (χ2v) is 5.18. The molecule has 100 valence electrons. The van der Waals surface area contributed by atoms with Crippen LogP contribution >= 0.6 is 0 Å². The van der Waals surface area contributed by atoms with Gasteiger partial charge in [0.1, 0.15) is 6.10 Å². The van der Waals surface area contributed by atoms with Gasteiger partial charge in [-0.1, -0.05) is 42.0 Å². The van der Waals surface area contributed by atoms with Crippen molar-refractivity contribution in [2.24, 2.45) is 0 Å². The molecule has 20 heavy (non-hydrogen) atoms. The van der Waals surface area contributed by atoms with Crippen molar-refractivity contribution < 1.29 is 5.11 Å². The van der Waals surface area contributed by atoms with Crippen LogP contribution in [0.4, 0.5) is 0 Å². The van der Waals surface area contributed by atoms with Crippen LogP contribution in [0.15, 0.2) is 54.7 Å². The SMILES string of the molecule is Cc1ccc(C(O)c2ccnc3ccccc23)c(C)c1. The molecule has 1 aromatic heterocycles. The third-order valence-corrected chi connectivity index (χ3v) is 3.70. The van der Waals surface area contributed by atoms with Gasteiger partial charge in [0.15, 0.2) is 0 Å². The van der Waals surface area contributed by atoms with Gasteiger partial charge < -0.3 is 5.11 Å². The molecular weight excluding hydrogens is 246 g/mol. The second kappa shape index (κ2) is 5.06. The number of fused-ring (bicyclic) bond motifs is 1. The number of rotatable bonds is 2. The lowest BCUT2D eigenvalue weighted by Gasteiger charge is -2.16. The van der Waals surface area contributed by atoms with E-state index in [2.05, 4.69) is 18.0 Å².